The molecule has 0 bridgehead atoms. The molecule has 0 aliphatic carbocycles. The van der Waals surface area contributed by atoms with E-state index in [2.05, 4.69) is 68.8 Å². The summed E-state index contributed by atoms with van der Waals surface area (Å²) < 4.78 is 14.4. The van der Waals surface area contributed by atoms with Crippen LogP contribution in [0.5, 0.6) is 0 Å². The molecule has 1 saturated heterocycles. The van der Waals surface area contributed by atoms with Crippen molar-refractivity contribution >= 4 is 12.7 Å². The van der Waals surface area contributed by atoms with Gasteiger partial charge in [0.05, 0.1) is 11.2 Å². The molecular weight excluding hydrogens is 261 g/mol. The normalized spacial score (nSPS) is 20.0. The number of aryl methyl sites for hydroxylation is 1. The van der Waals surface area contributed by atoms with Crippen LogP contribution in [0.1, 0.15) is 27.7 Å². The third-order valence-corrected chi connectivity index (χ3v) is 4.65. The first-order valence-electron chi connectivity index (χ1n) is 7.37. The lowest BCUT2D eigenvalue weighted by Gasteiger charge is -2.32. The van der Waals surface area contributed by atoms with Crippen LogP contribution in [-0.2, 0) is 16.4 Å². The third kappa shape index (κ3) is 2.43. The summed E-state index contributed by atoms with van der Waals surface area (Å²) in [5.41, 5.74) is 2.81. The Bertz CT molecular complexity index is 630. The molecule has 1 aromatic carbocycles. The molecule has 0 spiro atoms. The zero-order chi connectivity index (χ0) is 15.3. The van der Waals surface area contributed by atoms with Gasteiger partial charge in [0.2, 0.25) is 0 Å². The molecular formula is C17H22BNO2. The number of hydrogen-bond donors (Lipinski definition) is 0. The van der Waals surface area contributed by atoms with Crippen molar-refractivity contribution in [1.82, 2.24) is 4.57 Å². The van der Waals surface area contributed by atoms with Gasteiger partial charge < -0.3 is 13.9 Å². The standard InChI is InChI=1S/C17H22BNO2/c1-16(2)17(3,4)21-18(20-16)15-11-14(12-19(15)5)13-9-7-6-8-10-13/h6-12H,1-5H3. The lowest BCUT2D eigenvalue weighted by molar-refractivity contribution is 0.00578. The first-order valence-corrected chi connectivity index (χ1v) is 7.37. The lowest BCUT2D eigenvalue weighted by atomic mass is 9.84. The molecule has 1 fully saturated rings. The summed E-state index contributed by atoms with van der Waals surface area (Å²) in [7, 11) is 1.71. The van der Waals surface area contributed by atoms with Crippen LogP contribution in [0.15, 0.2) is 42.6 Å². The number of hydrogen-bond acceptors (Lipinski definition) is 2. The van der Waals surface area contributed by atoms with E-state index in [0.717, 1.165) is 5.59 Å². The Morgan fingerprint density at radius 1 is 0.905 bits per heavy atom. The fourth-order valence-corrected chi connectivity index (χ4v) is 2.57. The molecule has 0 radical (unpaired) electrons. The summed E-state index contributed by atoms with van der Waals surface area (Å²) in [6.45, 7) is 8.31. The highest BCUT2D eigenvalue weighted by atomic mass is 16.7. The summed E-state index contributed by atoms with van der Waals surface area (Å²) in [6.07, 6.45) is 2.12. The van der Waals surface area contributed by atoms with Crippen molar-refractivity contribution in [1.29, 1.82) is 0 Å². The van der Waals surface area contributed by atoms with Gasteiger partial charge in [0, 0.05) is 18.8 Å². The maximum atomic E-state index is 6.14. The van der Waals surface area contributed by atoms with Crippen molar-refractivity contribution in [2.24, 2.45) is 7.05 Å². The topological polar surface area (TPSA) is 23.4 Å². The second-order valence-corrected chi connectivity index (χ2v) is 6.72. The number of rotatable bonds is 2. The molecule has 2 heterocycles. The fraction of sp³-hybridized carbons (Fsp3) is 0.412. The van der Waals surface area contributed by atoms with Crippen molar-refractivity contribution < 1.29 is 9.31 Å². The highest BCUT2D eigenvalue weighted by Crippen LogP contribution is 2.36. The molecule has 0 atom stereocenters. The van der Waals surface area contributed by atoms with Gasteiger partial charge in [0.15, 0.2) is 0 Å². The van der Waals surface area contributed by atoms with Gasteiger partial charge in [-0.3, -0.25) is 0 Å². The van der Waals surface area contributed by atoms with E-state index in [9.17, 15) is 0 Å². The van der Waals surface area contributed by atoms with E-state index in [1.54, 1.807) is 0 Å². The Morgan fingerprint density at radius 3 is 2.05 bits per heavy atom. The average Bonchev–Trinajstić information content (AvgIpc) is 2.89. The molecule has 0 unspecified atom stereocenters. The second-order valence-electron chi connectivity index (χ2n) is 6.72. The fourth-order valence-electron chi connectivity index (χ4n) is 2.57. The minimum atomic E-state index is -0.322. The second kappa shape index (κ2) is 4.75. The summed E-state index contributed by atoms with van der Waals surface area (Å²) in [4.78, 5) is 0. The van der Waals surface area contributed by atoms with Crippen LogP contribution in [0.2, 0.25) is 0 Å². The van der Waals surface area contributed by atoms with Gasteiger partial charge in [-0.05, 0) is 44.9 Å². The molecule has 1 aliphatic rings. The SMILES string of the molecule is Cn1cc(-c2ccccc2)cc1B1OC(C)(C)C(C)(C)O1. The summed E-state index contributed by atoms with van der Waals surface area (Å²) in [5.74, 6) is 0. The van der Waals surface area contributed by atoms with E-state index in [1.807, 2.05) is 13.1 Å². The maximum Gasteiger partial charge on any atom is 0.512 e. The molecule has 21 heavy (non-hydrogen) atoms. The first-order chi connectivity index (χ1) is 9.80. The molecule has 0 saturated carbocycles. The number of nitrogens with zero attached hydrogens (tertiary/aromatic N) is 1. The zero-order valence-electron chi connectivity index (χ0n) is 13.4. The predicted octanol–water partition coefficient (Wildman–Crippen LogP) is 2.99. The Kier molecular flexibility index (Phi) is 3.26. The number of aromatic nitrogens is 1. The largest absolute Gasteiger partial charge is 0.512 e. The quantitative estimate of drug-likeness (QED) is 0.791. The minimum Gasteiger partial charge on any atom is -0.398 e. The van der Waals surface area contributed by atoms with Crippen LogP contribution < -0.4 is 5.59 Å². The molecule has 3 nitrogen and oxygen atoms in total. The van der Waals surface area contributed by atoms with E-state index in [4.69, 9.17) is 9.31 Å². The molecule has 110 valence electrons. The maximum absolute atomic E-state index is 6.14. The molecule has 2 aromatic rings. The Labute approximate surface area is 127 Å². The van der Waals surface area contributed by atoms with E-state index < -0.39 is 0 Å². The van der Waals surface area contributed by atoms with Crippen molar-refractivity contribution in [3.05, 3.63) is 42.6 Å². The smallest absolute Gasteiger partial charge is 0.398 e. The van der Waals surface area contributed by atoms with Gasteiger partial charge in [-0.1, -0.05) is 30.3 Å². The van der Waals surface area contributed by atoms with Gasteiger partial charge in [0.25, 0.3) is 0 Å². The summed E-state index contributed by atoms with van der Waals surface area (Å²) in [5, 5.41) is 0. The van der Waals surface area contributed by atoms with Crippen LogP contribution in [0, 0.1) is 0 Å². The van der Waals surface area contributed by atoms with E-state index in [1.165, 1.54) is 11.1 Å². The summed E-state index contributed by atoms with van der Waals surface area (Å²) in [6, 6.07) is 12.5. The first kappa shape index (κ1) is 14.4. The molecule has 1 aromatic heterocycles. The van der Waals surface area contributed by atoms with E-state index >= 15 is 0 Å². The van der Waals surface area contributed by atoms with Gasteiger partial charge >= 0.3 is 7.12 Å². The van der Waals surface area contributed by atoms with Crippen LogP contribution >= 0.6 is 0 Å². The number of benzene rings is 1. The van der Waals surface area contributed by atoms with Gasteiger partial charge in [-0.15, -0.1) is 0 Å². The minimum absolute atomic E-state index is 0.311. The van der Waals surface area contributed by atoms with Crippen molar-refractivity contribution in [2.75, 3.05) is 0 Å². The van der Waals surface area contributed by atoms with E-state index in [-0.39, 0.29) is 18.3 Å². The van der Waals surface area contributed by atoms with Crippen LogP contribution in [0.25, 0.3) is 11.1 Å². The van der Waals surface area contributed by atoms with Gasteiger partial charge in [-0.2, -0.15) is 0 Å². The Hall–Kier alpha value is -1.52. The van der Waals surface area contributed by atoms with Crippen molar-refractivity contribution in [2.45, 2.75) is 38.9 Å². The van der Waals surface area contributed by atoms with Crippen LogP contribution in [-0.4, -0.2) is 22.9 Å². The average molecular weight is 283 g/mol. The lowest BCUT2D eigenvalue weighted by Crippen LogP contribution is -2.41. The van der Waals surface area contributed by atoms with Crippen LogP contribution in [0.4, 0.5) is 0 Å². The molecule has 4 heteroatoms. The highest BCUT2D eigenvalue weighted by Gasteiger charge is 2.52. The predicted molar refractivity (Wildman–Crippen MR) is 86.6 cm³/mol. The van der Waals surface area contributed by atoms with Gasteiger partial charge in [-0.25, -0.2) is 0 Å². The molecule has 1 aliphatic heterocycles. The zero-order valence-corrected chi connectivity index (χ0v) is 13.4. The Balaban J connectivity index is 1.93. The van der Waals surface area contributed by atoms with Crippen molar-refractivity contribution in [3.8, 4) is 11.1 Å². The van der Waals surface area contributed by atoms with Gasteiger partial charge in [0.1, 0.15) is 0 Å². The van der Waals surface area contributed by atoms with Crippen molar-refractivity contribution in [3.63, 3.8) is 0 Å². The third-order valence-electron chi connectivity index (χ3n) is 4.65. The van der Waals surface area contributed by atoms with Crippen LogP contribution in [0.3, 0.4) is 0 Å². The van der Waals surface area contributed by atoms with E-state index in [0.29, 0.717) is 0 Å². The summed E-state index contributed by atoms with van der Waals surface area (Å²) >= 11 is 0. The molecule has 0 amide bonds. The Morgan fingerprint density at radius 2 is 1.48 bits per heavy atom. The molecule has 0 N–H and O–H groups in total. The molecule has 3 rings (SSSR count). The highest BCUT2D eigenvalue weighted by molar-refractivity contribution is 6.61. The monoisotopic (exact) mass is 283 g/mol.